The topological polar surface area (TPSA) is 32.3 Å². The molecule has 2 heteroatoms. The molecule has 1 aliphatic rings. The Morgan fingerprint density at radius 3 is 2.50 bits per heavy atom. The number of fused-ring (bicyclic) bond motifs is 1. The number of hydrogen-bond acceptors (Lipinski definition) is 2. The minimum Gasteiger partial charge on any atom is -0.387 e. The minimum absolute atomic E-state index is 0.0249. The van der Waals surface area contributed by atoms with Crippen LogP contribution < -0.4 is 5.32 Å². The summed E-state index contributed by atoms with van der Waals surface area (Å²) in [5.41, 5.74) is 3.95. The van der Waals surface area contributed by atoms with Gasteiger partial charge in [0, 0.05) is 11.6 Å². The number of nitrogens with one attached hydrogen (secondary N) is 1. The van der Waals surface area contributed by atoms with Gasteiger partial charge in [-0.05, 0) is 63.6 Å². The lowest BCUT2D eigenvalue weighted by Gasteiger charge is -2.29. The first-order chi connectivity index (χ1) is 8.37. The first-order valence-electron chi connectivity index (χ1n) is 6.94. The molecule has 2 N–H and O–H groups in total. The van der Waals surface area contributed by atoms with Crippen LogP contribution in [0.15, 0.2) is 18.2 Å². The fourth-order valence-electron chi connectivity index (χ4n) is 2.83. The first-order valence-corrected chi connectivity index (χ1v) is 6.94. The number of rotatable bonds is 3. The second-order valence-electron chi connectivity index (χ2n) is 6.51. The van der Waals surface area contributed by atoms with Crippen LogP contribution in [0.5, 0.6) is 0 Å². The Labute approximate surface area is 110 Å². The summed E-state index contributed by atoms with van der Waals surface area (Å²) in [6, 6.07) is 6.51. The summed E-state index contributed by atoms with van der Waals surface area (Å²) in [4.78, 5) is 0. The van der Waals surface area contributed by atoms with E-state index in [-0.39, 0.29) is 11.6 Å². The number of aryl methyl sites for hydroxylation is 2. The van der Waals surface area contributed by atoms with E-state index in [1.807, 2.05) is 6.92 Å². The molecule has 0 amide bonds. The van der Waals surface area contributed by atoms with Gasteiger partial charge in [0.15, 0.2) is 0 Å². The molecule has 18 heavy (non-hydrogen) atoms. The van der Waals surface area contributed by atoms with Gasteiger partial charge in [0.25, 0.3) is 0 Å². The van der Waals surface area contributed by atoms with E-state index < -0.39 is 6.10 Å². The van der Waals surface area contributed by atoms with Crippen LogP contribution >= 0.6 is 0 Å². The highest BCUT2D eigenvalue weighted by atomic mass is 16.3. The number of aliphatic hydroxyl groups is 1. The molecule has 0 saturated heterocycles. The lowest BCUT2D eigenvalue weighted by atomic mass is 9.97. The normalized spacial score (nSPS) is 18.5. The van der Waals surface area contributed by atoms with Crippen molar-refractivity contribution in [2.45, 2.75) is 64.6 Å². The Balaban J connectivity index is 2.11. The van der Waals surface area contributed by atoms with E-state index in [4.69, 9.17) is 0 Å². The Morgan fingerprint density at radius 1 is 1.17 bits per heavy atom. The SMILES string of the molecule is CC(NC(C)(C)C)C(O)c1ccc2c(c1)CCC2. The lowest BCUT2D eigenvalue weighted by molar-refractivity contribution is 0.121. The molecular formula is C16H25NO. The maximum atomic E-state index is 10.4. The predicted molar refractivity (Wildman–Crippen MR) is 75.8 cm³/mol. The Kier molecular flexibility index (Phi) is 3.79. The smallest absolute Gasteiger partial charge is 0.0940 e. The summed E-state index contributed by atoms with van der Waals surface area (Å²) < 4.78 is 0. The third-order valence-corrected chi connectivity index (χ3v) is 3.60. The van der Waals surface area contributed by atoms with Gasteiger partial charge in [-0.25, -0.2) is 0 Å². The van der Waals surface area contributed by atoms with E-state index in [1.165, 1.54) is 24.0 Å². The largest absolute Gasteiger partial charge is 0.387 e. The van der Waals surface area contributed by atoms with Crippen LogP contribution in [0.4, 0.5) is 0 Å². The van der Waals surface area contributed by atoms with Gasteiger partial charge in [0.2, 0.25) is 0 Å². The molecule has 2 atom stereocenters. The number of benzene rings is 1. The van der Waals surface area contributed by atoms with Crippen molar-refractivity contribution in [3.8, 4) is 0 Å². The zero-order valence-electron chi connectivity index (χ0n) is 12.0. The van der Waals surface area contributed by atoms with Crippen molar-refractivity contribution in [2.24, 2.45) is 0 Å². The molecule has 2 rings (SSSR count). The Morgan fingerprint density at radius 2 is 1.83 bits per heavy atom. The van der Waals surface area contributed by atoms with Crippen molar-refractivity contribution in [1.29, 1.82) is 0 Å². The van der Waals surface area contributed by atoms with Crippen LogP contribution in [0.25, 0.3) is 0 Å². The molecule has 0 radical (unpaired) electrons. The molecule has 100 valence electrons. The van der Waals surface area contributed by atoms with Gasteiger partial charge in [0.05, 0.1) is 6.10 Å². The molecule has 1 aliphatic carbocycles. The number of hydrogen-bond donors (Lipinski definition) is 2. The van der Waals surface area contributed by atoms with Crippen molar-refractivity contribution in [2.75, 3.05) is 0 Å². The molecule has 2 nitrogen and oxygen atoms in total. The third kappa shape index (κ3) is 3.12. The standard InChI is InChI=1S/C16H25NO/c1-11(17-16(2,3)4)15(18)14-9-8-12-6-5-7-13(12)10-14/h8-11,15,17-18H,5-7H2,1-4H3. The summed E-state index contributed by atoms with van der Waals surface area (Å²) >= 11 is 0. The molecule has 0 heterocycles. The summed E-state index contributed by atoms with van der Waals surface area (Å²) in [6.07, 6.45) is 3.18. The zero-order valence-corrected chi connectivity index (χ0v) is 12.0. The zero-order chi connectivity index (χ0) is 13.3. The fraction of sp³-hybridized carbons (Fsp3) is 0.625. The van der Waals surface area contributed by atoms with E-state index in [1.54, 1.807) is 0 Å². The van der Waals surface area contributed by atoms with Gasteiger partial charge in [0.1, 0.15) is 0 Å². The molecule has 0 fully saturated rings. The Hall–Kier alpha value is -0.860. The van der Waals surface area contributed by atoms with Crippen molar-refractivity contribution in [3.05, 3.63) is 34.9 Å². The van der Waals surface area contributed by atoms with Gasteiger partial charge in [-0.1, -0.05) is 18.2 Å². The van der Waals surface area contributed by atoms with Gasteiger partial charge in [-0.2, -0.15) is 0 Å². The Bertz CT molecular complexity index is 420. The van der Waals surface area contributed by atoms with E-state index in [2.05, 4.69) is 44.3 Å². The van der Waals surface area contributed by atoms with Crippen molar-refractivity contribution in [1.82, 2.24) is 5.32 Å². The molecule has 0 bridgehead atoms. The second kappa shape index (κ2) is 5.02. The average Bonchev–Trinajstić information content (AvgIpc) is 2.72. The predicted octanol–water partition coefficient (Wildman–Crippen LogP) is 2.99. The van der Waals surface area contributed by atoms with E-state index in [9.17, 15) is 5.11 Å². The highest BCUT2D eigenvalue weighted by Gasteiger charge is 2.22. The highest BCUT2D eigenvalue weighted by Crippen LogP contribution is 2.27. The molecule has 1 aromatic rings. The molecule has 0 saturated carbocycles. The van der Waals surface area contributed by atoms with Crippen LogP contribution in [0, 0.1) is 0 Å². The molecule has 0 aromatic heterocycles. The van der Waals surface area contributed by atoms with Crippen LogP contribution in [-0.4, -0.2) is 16.7 Å². The second-order valence-corrected chi connectivity index (χ2v) is 6.51. The van der Waals surface area contributed by atoms with Crippen molar-refractivity contribution >= 4 is 0 Å². The van der Waals surface area contributed by atoms with Crippen LogP contribution in [0.1, 0.15) is 56.9 Å². The molecule has 2 unspecified atom stereocenters. The van der Waals surface area contributed by atoms with E-state index >= 15 is 0 Å². The highest BCUT2D eigenvalue weighted by molar-refractivity contribution is 5.36. The van der Waals surface area contributed by atoms with E-state index in [0.29, 0.717) is 0 Å². The average molecular weight is 247 g/mol. The quantitative estimate of drug-likeness (QED) is 0.860. The molecule has 1 aromatic carbocycles. The first kappa shape index (κ1) is 13.6. The van der Waals surface area contributed by atoms with Gasteiger partial charge >= 0.3 is 0 Å². The monoisotopic (exact) mass is 247 g/mol. The van der Waals surface area contributed by atoms with Crippen LogP contribution in [0.3, 0.4) is 0 Å². The maximum Gasteiger partial charge on any atom is 0.0940 e. The van der Waals surface area contributed by atoms with Crippen LogP contribution in [0.2, 0.25) is 0 Å². The molecule has 0 spiro atoms. The third-order valence-electron chi connectivity index (χ3n) is 3.60. The summed E-state index contributed by atoms with van der Waals surface area (Å²) in [5.74, 6) is 0. The minimum atomic E-state index is -0.435. The molecule has 0 aliphatic heterocycles. The lowest BCUT2D eigenvalue weighted by Crippen LogP contribution is -2.44. The van der Waals surface area contributed by atoms with Gasteiger partial charge < -0.3 is 10.4 Å². The fourth-order valence-corrected chi connectivity index (χ4v) is 2.83. The summed E-state index contributed by atoms with van der Waals surface area (Å²) in [5, 5.41) is 13.9. The maximum absolute atomic E-state index is 10.4. The van der Waals surface area contributed by atoms with E-state index in [0.717, 1.165) is 12.0 Å². The molecular weight excluding hydrogens is 222 g/mol. The number of aliphatic hydroxyl groups excluding tert-OH is 1. The summed E-state index contributed by atoms with van der Waals surface area (Å²) in [6.45, 7) is 8.42. The van der Waals surface area contributed by atoms with Gasteiger partial charge in [-0.15, -0.1) is 0 Å². The van der Waals surface area contributed by atoms with Gasteiger partial charge in [-0.3, -0.25) is 0 Å². The van der Waals surface area contributed by atoms with Crippen molar-refractivity contribution in [3.63, 3.8) is 0 Å². The van der Waals surface area contributed by atoms with Crippen molar-refractivity contribution < 1.29 is 5.11 Å². The van der Waals surface area contributed by atoms with Crippen LogP contribution in [-0.2, 0) is 12.8 Å². The summed E-state index contributed by atoms with van der Waals surface area (Å²) in [7, 11) is 0.